The Balaban J connectivity index is 1.76. The fourth-order valence-electron chi connectivity index (χ4n) is 2.52. The quantitative estimate of drug-likeness (QED) is 0.660. The predicted octanol–water partition coefficient (Wildman–Crippen LogP) is 3.96. The van der Waals surface area contributed by atoms with Crippen molar-refractivity contribution in [1.82, 2.24) is 9.55 Å². The molecule has 4 nitrogen and oxygen atoms in total. The van der Waals surface area contributed by atoms with E-state index in [1.54, 1.807) is 18.3 Å². The number of ether oxygens (including phenoxy) is 1. The van der Waals surface area contributed by atoms with Crippen molar-refractivity contribution >= 4 is 17.6 Å². The lowest BCUT2D eigenvalue weighted by molar-refractivity contribution is 0.0600. The molecule has 0 atom stereocenters. The number of rotatable bonds is 5. The summed E-state index contributed by atoms with van der Waals surface area (Å²) in [5, 5.41) is 0.745. The van der Waals surface area contributed by atoms with Crippen molar-refractivity contribution in [3.8, 4) is 0 Å². The predicted molar refractivity (Wildman–Crippen MR) is 93.4 cm³/mol. The summed E-state index contributed by atoms with van der Waals surface area (Å²) in [5.74, 6) is 0.615. The van der Waals surface area contributed by atoms with Gasteiger partial charge in [-0.05, 0) is 29.3 Å². The maximum Gasteiger partial charge on any atom is 0.337 e. The van der Waals surface area contributed by atoms with Crippen molar-refractivity contribution < 1.29 is 9.53 Å². The Labute approximate surface area is 145 Å². The average molecular weight is 341 g/mol. The van der Waals surface area contributed by atoms with Gasteiger partial charge in [-0.2, -0.15) is 0 Å². The number of hydrogen-bond acceptors (Lipinski definition) is 3. The minimum absolute atomic E-state index is 0.330. The zero-order valence-electron chi connectivity index (χ0n) is 13.3. The van der Waals surface area contributed by atoms with Crippen LogP contribution in [0.15, 0.2) is 60.9 Å². The number of aromatic nitrogens is 2. The van der Waals surface area contributed by atoms with Crippen LogP contribution in [0.2, 0.25) is 5.02 Å². The van der Waals surface area contributed by atoms with E-state index in [9.17, 15) is 4.79 Å². The van der Waals surface area contributed by atoms with E-state index in [1.165, 1.54) is 7.11 Å². The van der Waals surface area contributed by atoms with Crippen molar-refractivity contribution in [2.24, 2.45) is 0 Å². The van der Waals surface area contributed by atoms with Crippen LogP contribution in [-0.2, 0) is 17.7 Å². The van der Waals surface area contributed by atoms with Crippen LogP contribution in [0.1, 0.15) is 27.3 Å². The third-order valence-electron chi connectivity index (χ3n) is 3.84. The molecule has 0 bridgehead atoms. The third kappa shape index (κ3) is 3.66. The van der Waals surface area contributed by atoms with Gasteiger partial charge in [0.25, 0.3) is 0 Å². The van der Waals surface area contributed by atoms with Crippen LogP contribution in [0.25, 0.3) is 0 Å². The van der Waals surface area contributed by atoms with Crippen LogP contribution >= 0.6 is 11.6 Å². The zero-order valence-corrected chi connectivity index (χ0v) is 14.0. The highest BCUT2D eigenvalue weighted by Gasteiger charge is 2.09. The van der Waals surface area contributed by atoms with Crippen molar-refractivity contribution in [1.29, 1.82) is 0 Å². The SMILES string of the molecule is COC(=O)c1ccc(Cn2ccnc2Cc2ccccc2Cl)cc1. The molecule has 0 aliphatic heterocycles. The Morgan fingerprint density at radius 1 is 1.17 bits per heavy atom. The van der Waals surface area contributed by atoms with Crippen LogP contribution in [-0.4, -0.2) is 22.6 Å². The summed E-state index contributed by atoms with van der Waals surface area (Å²) in [6, 6.07) is 15.2. The van der Waals surface area contributed by atoms with E-state index in [0.717, 1.165) is 22.0 Å². The molecule has 3 aromatic rings. The van der Waals surface area contributed by atoms with Crippen LogP contribution in [0.3, 0.4) is 0 Å². The summed E-state index contributed by atoms with van der Waals surface area (Å²) in [7, 11) is 1.38. The number of nitrogens with zero attached hydrogens (tertiary/aromatic N) is 2. The summed E-state index contributed by atoms with van der Waals surface area (Å²) in [6.07, 6.45) is 4.41. The van der Waals surface area contributed by atoms with Gasteiger partial charge in [0.05, 0.1) is 12.7 Å². The highest BCUT2D eigenvalue weighted by molar-refractivity contribution is 6.31. The van der Waals surface area contributed by atoms with Crippen molar-refractivity contribution in [2.45, 2.75) is 13.0 Å². The van der Waals surface area contributed by atoms with Crippen LogP contribution in [0.4, 0.5) is 0 Å². The highest BCUT2D eigenvalue weighted by Crippen LogP contribution is 2.19. The minimum Gasteiger partial charge on any atom is -0.465 e. The summed E-state index contributed by atoms with van der Waals surface area (Å²) < 4.78 is 6.79. The average Bonchev–Trinajstić information content (AvgIpc) is 3.04. The molecule has 0 radical (unpaired) electrons. The van der Waals surface area contributed by atoms with Gasteiger partial charge in [-0.3, -0.25) is 0 Å². The first-order valence-corrected chi connectivity index (χ1v) is 7.96. The number of carbonyl (C=O) groups excluding carboxylic acids is 1. The number of carbonyl (C=O) groups is 1. The molecule has 0 aliphatic carbocycles. The first kappa shape index (κ1) is 16.3. The van der Waals surface area contributed by atoms with E-state index in [-0.39, 0.29) is 5.97 Å². The molecular formula is C19H17ClN2O2. The van der Waals surface area contributed by atoms with Gasteiger partial charge in [-0.25, -0.2) is 9.78 Å². The lowest BCUT2D eigenvalue weighted by Crippen LogP contribution is -2.06. The van der Waals surface area contributed by atoms with E-state index in [4.69, 9.17) is 16.3 Å². The largest absolute Gasteiger partial charge is 0.465 e. The van der Waals surface area contributed by atoms with Gasteiger partial charge in [0, 0.05) is 30.4 Å². The lowest BCUT2D eigenvalue weighted by atomic mass is 10.1. The molecule has 24 heavy (non-hydrogen) atoms. The molecule has 1 aromatic heterocycles. The minimum atomic E-state index is -0.330. The fraction of sp³-hybridized carbons (Fsp3) is 0.158. The number of halogens is 1. The summed E-state index contributed by atoms with van der Waals surface area (Å²) in [4.78, 5) is 15.9. The number of benzene rings is 2. The van der Waals surface area contributed by atoms with Gasteiger partial charge >= 0.3 is 5.97 Å². The highest BCUT2D eigenvalue weighted by atomic mass is 35.5. The molecule has 1 heterocycles. The first-order valence-electron chi connectivity index (χ1n) is 7.58. The van der Waals surface area contributed by atoms with Gasteiger partial charge in [-0.1, -0.05) is 41.9 Å². The smallest absolute Gasteiger partial charge is 0.337 e. The zero-order chi connectivity index (χ0) is 16.9. The number of imidazole rings is 1. The van der Waals surface area contributed by atoms with Crippen molar-refractivity contribution in [2.75, 3.05) is 7.11 Å². The molecule has 0 spiro atoms. The van der Waals surface area contributed by atoms with E-state index >= 15 is 0 Å². The molecule has 3 rings (SSSR count). The summed E-state index contributed by atoms with van der Waals surface area (Å²) >= 11 is 6.23. The Morgan fingerprint density at radius 3 is 2.62 bits per heavy atom. The molecule has 0 saturated heterocycles. The second kappa shape index (κ2) is 7.32. The maximum atomic E-state index is 11.5. The third-order valence-corrected chi connectivity index (χ3v) is 4.20. The molecule has 2 aromatic carbocycles. The second-order valence-corrected chi connectivity index (χ2v) is 5.84. The number of hydrogen-bond donors (Lipinski definition) is 0. The fourth-order valence-corrected chi connectivity index (χ4v) is 2.73. The topological polar surface area (TPSA) is 44.1 Å². The van der Waals surface area contributed by atoms with Gasteiger partial charge in [0.1, 0.15) is 5.82 Å². The molecule has 0 fully saturated rings. The van der Waals surface area contributed by atoms with Crippen LogP contribution < -0.4 is 0 Å². The Morgan fingerprint density at radius 2 is 1.92 bits per heavy atom. The van der Waals surface area contributed by atoms with E-state index in [1.807, 2.05) is 42.6 Å². The van der Waals surface area contributed by atoms with Gasteiger partial charge < -0.3 is 9.30 Å². The molecule has 0 N–H and O–H groups in total. The molecule has 0 aliphatic rings. The molecular weight excluding hydrogens is 324 g/mol. The Bertz CT molecular complexity index is 841. The Hall–Kier alpha value is -2.59. The number of methoxy groups -OCH3 is 1. The first-order chi connectivity index (χ1) is 11.7. The molecule has 0 saturated carbocycles. The summed E-state index contributed by atoms with van der Waals surface area (Å²) in [5.41, 5.74) is 2.68. The Kier molecular flexibility index (Phi) is 4.96. The normalized spacial score (nSPS) is 10.6. The van der Waals surface area contributed by atoms with Crippen molar-refractivity contribution in [3.63, 3.8) is 0 Å². The molecule has 5 heteroatoms. The van der Waals surface area contributed by atoms with Crippen LogP contribution in [0.5, 0.6) is 0 Å². The molecule has 0 amide bonds. The van der Waals surface area contributed by atoms with Crippen LogP contribution in [0, 0.1) is 0 Å². The van der Waals surface area contributed by atoms with Gasteiger partial charge in [0.2, 0.25) is 0 Å². The van der Waals surface area contributed by atoms with E-state index in [0.29, 0.717) is 18.5 Å². The summed E-state index contributed by atoms with van der Waals surface area (Å²) in [6.45, 7) is 0.682. The number of esters is 1. The van der Waals surface area contributed by atoms with Gasteiger partial charge in [-0.15, -0.1) is 0 Å². The molecule has 122 valence electrons. The monoisotopic (exact) mass is 340 g/mol. The second-order valence-electron chi connectivity index (χ2n) is 5.43. The standard InChI is InChI=1S/C19H17ClN2O2/c1-24-19(23)15-8-6-14(7-9-15)13-22-11-10-21-18(22)12-16-4-2-3-5-17(16)20/h2-11H,12-13H2,1H3. The van der Waals surface area contributed by atoms with Gasteiger partial charge in [0.15, 0.2) is 0 Å². The lowest BCUT2D eigenvalue weighted by Gasteiger charge is -2.09. The molecule has 0 unspecified atom stereocenters. The maximum absolute atomic E-state index is 11.5. The van der Waals surface area contributed by atoms with Crippen molar-refractivity contribution in [3.05, 3.63) is 88.5 Å². The van der Waals surface area contributed by atoms with E-state index < -0.39 is 0 Å². The van der Waals surface area contributed by atoms with E-state index in [2.05, 4.69) is 9.55 Å².